The third kappa shape index (κ3) is 2.85. The molecule has 1 aromatic rings. The van der Waals surface area contributed by atoms with Gasteiger partial charge in [0, 0.05) is 37.5 Å². The summed E-state index contributed by atoms with van der Waals surface area (Å²) < 4.78 is 0. The van der Waals surface area contributed by atoms with Gasteiger partial charge in [0.15, 0.2) is 0 Å². The summed E-state index contributed by atoms with van der Waals surface area (Å²) >= 11 is 0. The van der Waals surface area contributed by atoms with Gasteiger partial charge < -0.3 is 15.3 Å². The first-order chi connectivity index (χ1) is 8.61. The van der Waals surface area contributed by atoms with Crippen molar-refractivity contribution >= 4 is 5.69 Å². The molecule has 3 nitrogen and oxygen atoms in total. The van der Waals surface area contributed by atoms with Crippen LogP contribution in [0.2, 0.25) is 0 Å². The molecule has 2 N–H and O–H groups in total. The molecule has 0 aromatic heterocycles. The Labute approximate surface area is 110 Å². The van der Waals surface area contributed by atoms with E-state index in [1.165, 1.54) is 16.8 Å². The van der Waals surface area contributed by atoms with E-state index in [1.54, 1.807) is 0 Å². The lowest BCUT2D eigenvalue weighted by atomic mass is 10.0. The Morgan fingerprint density at radius 3 is 2.78 bits per heavy atom. The first-order valence-corrected chi connectivity index (χ1v) is 6.80. The number of rotatable bonds is 3. The molecule has 1 aliphatic heterocycles. The lowest BCUT2D eigenvalue weighted by Crippen LogP contribution is -2.55. The van der Waals surface area contributed by atoms with Gasteiger partial charge in [0.25, 0.3) is 0 Å². The molecule has 0 spiro atoms. The Bertz CT molecular complexity index is 405. The van der Waals surface area contributed by atoms with E-state index in [2.05, 4.69) is 49.2 Å². The van der Waals surface area contributed by atoms with Crippen LogP contribution < -0.4 is 10.2 Å². The van der Waals surface area contributed by atoms with Crippen LogP contribution in [-0.4, -0.2) is 36.9 Å². The zero-order chi connectivity index (χ0) is 13.1. The fourth-order valence-electron chi connectivity index (χ4n) is 2.54. The quantitative estimate of drug-likeness (QED) is 0.857. The molecule has 1 aliphatic rings. The number of aliphatic hydroxyl groups excluding tert-OH is 1. The molecule has 2 rings (SSSR count). The summed E-state index contributed by atoms with van der Waals surface area (Å²) in [7, 11) is 0. The van der Waals surface area contributed by atoms with Crippen molar-refractivity contribution < 1.29 is 5.11 Å². The van der Waals surface area contributed by atoms with E-state index in [0.717, 1.165) is 19.5 Å². The normalized spacial score (nSPS) is 24.3. The number of nitrogens with one attached hydrogen (secondary N) is 1. The van der Waals surface area contributed by atoms with E-state index >= 15 is 0 Å². The van der Waals surface area contributed by atoms with Crippen LogP contribution in [0.25, 0.3) is 0 Å². The third-order valence-electron chi connectivity index (χ3n) is 3.95. The molecule has 1 fully saturated rings. The van der Waals surface area contributed by atoms with Gasteiger partial charge in [-0.1, -0.05) is 6.07 Å². The number of piperazine rings is 1. The monoisotopic (exact) mass is 248 g/mol. The zero-order valence-electron chi connectivity index (χ0n) is 11.6. The average molecular weight is 248 g/mol. The molecule has 2 atom stereocenters. The van der Waals surface area contributed by atoms with Crippen molar-refractivity contribution in [2.24, 2.45) is 0 Å². The van der Waals surface area contributed by atoms with Gasteiger partial charge in [0.2, 0.25) is 0 Å². The molecule has 0 aliphatic carbocycles. The summed E-state index contributed by atoms with van der Waals surface area (Å²) in [4.78, 5) is 2.45. The van der Waals surface area contributed by atoms with E-state index in [9.17, 15) is 0 Å². The van der Waals surface area contributed by atoms with Gasteiger partial charge in [0.05, 0.1) is 0 Å². The molecular formula is C15H24N2O. The topological polar surface area (TPSA) is 35.5 Å². The van der Waals surface area contributed by atoms with Crippen molar-refractivity contribution in [3.63, 3.8) is 0 Å². The predicted molar refractivity (Wildman–Crippen MR) is 76.2 cm³/mol. The third-order valence-corrected chi connectivity index (χ3v) is 3.95. The van der Waals surface area contributed by atoms with E-state index < -0.39 is 0 Å². The van der Waals surface area contributed by atoms with Gasteiger partial charge in [-0.3, -0.25) is 0 Å². The van der Waals surface area contributed by atoms with Crippen molar-refractivity contribution in [2.45, 2.75) is 39.3 Å². The van der Waals surface area contributed by atoms with Gasteiger partial charge in [-0.05, 0) is 50.5 Å². The van der Waals surface area contributed by atoms with Crippen molar-refractivity contribution in [3.8, 4) is 0 Å². The van der Waals surface area contributed by atoms with Crippen LogP contribution in [0.1, 0.15) is 24.5 Å². The van der Waals surface area contributed by atoms with E-state index in [1.807, 2.05) is 0 Å². The highest BCUT2D eigenvalue weighted by Crippen LogP contribution is 2.23. The number of aliphatic hydroxyl groups is 1. The lowest BCUT2D eigenvalue weighted by molar-refractivity contribution is 0.254. The second-order valence-corrected chi connectivity index (χ2v) is 5.39. The van der Waals surface area contributed by atoms with Crippen LogP contribution in [0.5, 0.6) is 0 Å². The average Bonchev–Trinajstić information content (AvgIpc) is 2.35. The van der Waals surface area contributed by atoms with Crippen molar-refractivity contribution in [1.82, 2.24) is 5.32 Å². The van der Waals surface area contributed by atoms with E-state index in [0.29, 0.717) is 12.1 Å². The fraction of sp³-hybridized carbons (Fsp3) is 0.600. The van der Waals surface area contributed by atoms with Crippen molar-refractivity contribution in [3.05, 3.63) is 29.3 Å². The minimum absolute atomic E-state index is 0.257. The maximum absolute atomic E-state index is 9.06. The predicted octanol–water partition coefficient (Wildman–Crippen LogP) is 1.85. The Morgan fingerprint density at radius 2 is 2.11 bits per heavy atom. The summed E-state index contributed by atoms with van der Waals surface area (Å²) in [6.07, 6.45) is 0.827. The molecule has 1 heterocycles. The number of nitrogens with zero attached hydrogens (tertiary/aromatic N) is 1. The highest BCUT2D eigenvalue weighted by Gasteiger charge is 2.24. The van der Waals surface area contributed by atoms with Crippen molar-refractivity contribution in [1.29, 1.82) is 0 Å². The maximum atomic E-state index is 9.06. The van der Waals surface area contributed by atoms with Gasteiger partial charge in [-0.2, -0.15) is 0 Å². The van der Waals surface area contributed by atoms with Crippen LogP contribution in [0.4, 0.5) is 5.69 Å². The highest BCUT2D eigenvalue weighted by atomic mass is 16.3. The van der Waals surface area contributed by atoms with Crippen molar-refractivity contribution in [2.75, 3.05) is 24.6 Å². The summed E-state index contributed by atoms with van der Waals surface area (Å²) in [5.74, 6) is 0. The molecule has 0 saturated carbocycles. The molecule has 0 radical (unpaired) electrons. The molecule has 0 amide bonds. The highest BCUT2D eigenvalue weighted by molar-refractivity contribution is 5.52. The molecule has 1 saturated heterocycles. The maximum Gasteiger partial charge on any atom is 0.0446 e. The van der Waals surface area contributed by atoms with Crippen LogP contribution in [0.3, 0.4) is 0 Å². The molecular weight excluding hydrogens is 224 g/mol. The minimum Gasteiger partial charge on any atom is -0.396 e. The number of anilines is 1. The molecule has 3 heteroatoms. The molecule has 100 valence electrons. The van der Waals surface area contributed by atoms with Crippen LogP contribution >= 0.6 is 0 Å². The van der Waals surface area contributed by atoms with Gasteiger partial charge in [0.1, 0.15) is 0 Å². The Balaban J connectivity index is 2.16. The number of hydrogen-bond donors (Lipinski definition) is 2. The molecule has 1 aromatic carbocycles. The minimum atomic E-state index is 0.257. The van der Waals surface area contributed by atoms with E-state index in [4.69, 9.17) is 5.11 Å². The summed E-state index contributed by atoms with van der Waals surface area (Å²) in [5.41, 5.74) is 3.99. The van der Waals surface area contributed by atoms with Crippen LogP contribution in [-0.2, 0) is 0 Å². The number of benzene rings is 1. The van der Waals surface area contributed by atoms with Crippen LogP contribution in [0, 0.1) is 13.8 Å². The first-order valence-electron chi connectivity index (χ1n) is 6.80. The summed E-state index contributed by atoms with van der Waals surface area (Å²) in [5, 5.41) is 12.6. The SMILES string of the molecule is Cc1ccc(N2CC(CCO)NCC2C)cc1C. The second-order valence-electron chi connectivity index (χ2n) is 5.39. The first kappa shape index (κ1) is 13.4. The zero-order valence-corrected chi connectivity index (χ0v) is 11.6. The van der Waals surface area contributed by atoms with Gasteiger partial charge >= 0.3 is 0 Å². The van der Waals surface area contributed by atoms with Crippen LogP contribution in [0.15, 0.2) is 18.2 Å². The second kappa shape index (κ2) is 5.72. The summed E-state index contributed by atoms with van der Waals surface area (Å²) in [6, 6.07) is 7.57. The molecule has 0 bridgehead atoms. The Kier molecular flexibility index (Phi) is 4.25. The Hall–Kier alpha value is -1.06. The summed E-state index contributed by atoms with van der Waals surface area (Å²) in [6.45, 7) is 8.78. The van der Waals surface area contributed by atoms with Gasteiger partial charge in [-0.15, -0.1) is 0 Å². The smallest absolute Gasteiger partial charge is 0.0446 e. The molecule has 2 unspecified atom stereocenters. The largest absolute Gasteiger partial charge is 0.396 e. The lowest BCUT2D eigenvalue weighted by Gasteiger charge is -2.40. The van der Waals surface area contributed by atoms with Gasteiger partial charge in [-0.25, -0.2) is 0 Å². The molecule has 18 heavy (non-hydrogen) atoms. The Morgan fingerprint density at radius 1 is 1.33 bits per heavy atom. The number of hydrogen-bond acceptors (Lipinski definition) is 3. The standard InChI is InChI=1S/C15H24N2O/c1-11-4-5-15(8-12(11)2)17-10-14(6-7-18)16-9-13(17)3/h4-5,8,13-14,16,18H,6-7,9-10H2,1-3H3. The van der Waals surface area contributed by atoms with E-state index in [-0.39, 0.29) is 6.61 Å². The number of aryl methyl sites for hydroxylation is 2. The fourth-order valence-corrected chi connectivity index (χ4v) is 2.54.